The third-order valence-electron chi connectivity index (χ3n) is 6.76. The maximum Gasteiger partial charge on any atom is 0.335 e. The van der Waals surface area contributed by atoms with Crippen LogP contribution in [0.1, 0.15) is 42.3 Å². The molecule has 1 atom stereocenters. The Bertz CT molecular complexity index is 1360. The summed E-state index contributed by atoms with van der Waals surface area (Å²) >= 11 is 0. The summed E-state index contributed by atoms with van der Waals surface area (Å²) in [7, 11) is 0. The van der Waals surface area contributed by atoms with Crippen molar-refractivity contribution < 1.29 is 14.6 Å². The van der Waals surface area contributed by atoms with E-state index in [-0.39, 0.29) is 0 Å². The summed E-state index contributed by atoms with van der Waals surface area (Å²) in [6.07, 6.45) is -0.761. The zero-order valence-electron chi connectivity index (χ0n) is 20.3. The quantitative estimate of drug-likeness (QED) is 0.250. The highest BCUT2D eigenvalue weighted by Gasteiger charge is 2.50. The van der Waals surface area contributed by atoms with Crippen molar-refractivity contribution in [2.45, 2.75) is 31.0 Å². The summed E-state index contributed by atoms with van der Waals surface area (Å²) in [6.45, 7) is 3.18. The largest absolute Gasteiger partial charge is 0.479 e. The van der Waals surface area contributed by atoms with Gasteiger partial charge in [0.2, 0.25) is 0 Å². The van der Waals surface area contributed by atoms with Crippen molar-refractivity contribution in [2.75, 3.05) is 0 Å². The monoisotopic (exact) mass is 476 g/mol. The average Bonchev–Trinajstić information content (AvgIpc) is 3.34. The van der Waals surface area contributed by atoms with Crippen molar-refractivity contribution in [3.05, 3.63) is 138 Å². The Labute approximate surface area is 210 Å². The van der Waals surface area contributed by atoms with Crippen LogP contribution < -0.4 is 0 Å². The van der Waals surface area contributed by atoms with Crippen molar-refractivity contribution in [1.29, 1.82) is 0 Å². The Hall–Kier alpha value is -4.22. The van der Waals surface area contributed by atoms with Gasteiger partial charge in [-0.15, -0.1) is 0 Å². The van der Waals surface area contributed by atoms with Crippen LogP contribution in [0.15, 0.2) is 115 Å². The highest BCUT2D eigenvalue weighted by atomic mass is 16.5. The predicted molar refractivity (Wildman–Crippen MR) is 141 cm³/mol. The van der Waals surface area contributed by atoms with Gasteiger partial charge in [-0.25, -0.2) is 4.79 Å². The van der Waals surface area contributed by atoms with Gasteiger partial charge in [0.1, 0.15) is 6.10 Å². The first-order chi connectivity index (χ1) is 17.4. The molecule has 180 valence electrons. The Balaban J connectivity index is 1.92. The number of rotatable bonds is 8. The number of aromatic nitrogens is 2. The topological polar surface area (TPSA) is 75.2 Å². The van der Waals surface area contributed by atoms with Crippen LogP contribution in [0, 0.1) is 0 Å². The van der Waals surface area contributed by atoms with Gasteiger partial charge >= 0.3 is 5.97 Å². The summed E-state index contributed by atoms with van der Waals surface area (Å²) < 4.78 is 6.71. The van der Waals surface area contributed by atoms with Gasteiger partial charge in [0.25, 0.3) is 0 Å². The Kier molecular flexibility index (Phi) is 6.17. The number of para-hydroxylation sites is 1. The third-order valence-corrected chi connectivity index (χ3v) is 6.76. The van der Waals surface area contributed by atoms with Crippen LogP contribution in [0.4, 0.5) is 0 Å². The first-order valence-electron chi connectivity index (χ1n) is 12.0. The predicted octanol–water partition coefficient (Wildman–Crippen LogP) is 6.52. The molecule has 1 unspecified atom stereocenters. The van der Waals surface area contributed by atoms with E-state index in [9.17, 15) is 9.90 Å². The highest BCUT2D eigenvalue weighted by Crippen LogP contribution is 2.52. The molecule has 0 radical (unpaired) electrons. The molecule has 0 spiro atoms. The second-order valence-electron chi connectivity index (χ2n) is 9.37. The van der Waals surface area contributed by atoms with E-state index in [2.05, 4.69) is 46.6 Å². The van der Waals surface area contributed by atoms with Crippen LogP contribution in [0.3, 0.4) is 0 Å². The summed E-state index contributed by atoms with van der Waals surface area (Å²) in [4.78, 5) is 12.4. The number of ether oxygens (including phenoxy) is 1. The maximum atomic E-state index is 12.4. The molecule has 5 rings (SSSR count). The lowest BCUT2D eigenvalue weighted by atomic mass is 9.64. The molecule has 1 aromatic heterocycles. The molecule has 0 saturated carbocycles. The summed E-state index contributed by atoms with van der Waals surface area (Å²) in [5.41, 5.74) is 2.06. The molecule has 2 N–H and O–H groups in total. The first kappa shape index (κ1) is 23.5. The molecule has 5 nitrogen and oxygen atoms in total. The van der Waals surface area contributed by atoms with Crippen molar-refractivity contribution in [3.63, 3.8) is 0 Å². The van der Waals surface area contributed by atoms with Gasteiger partial charge in [0, 0.05) is 5.39 Å². The molecular weight excluding hydrogens is 448 g/mol. The number of hydrogen-bond acceptors (Lipinski definition) is 3. The zero-order chi connectivity index (χ0) is 25.2. The van der Waals surface area contributed by atoms with Crippen molar-refractivity contribution in [2.24, 2.45) is 0 Å². The van der Waals surface area contributed by atoms with E-state index in [1.165, 1.54) is 0 Å². The molecule has 0 fully saturated rings. The van der Waals surface area contributed by atoms with Gasteiger partial charge in [-0.1, -0.05) is 109 Å². The maximum absolute atomic E-state index is 12.4. The van der Waals surface area contributed by atoms with Crippen molar-refractivity contribution in [3.8, 4) is 0 Å². The van der Waals surface area contributed by atoms with E-state index < -0.39 is 23.1 Å². The van der Waals surface area contributed by atoms with Gasteiger partial charge < -0.3 is 9.84 Å². The van der Waals surface area contributed by atoms with E-state index in [0.29, 0.717) is 0 Å². The van der Waals surface area contributed by atoms with E-state index >= 15 is 0 Å². The van der Waals surface area contributed by atoms with Crippen molar-refractivity contribution >= 4 is 16.9 Å². The number of aromatic amines is 1. The number of benzene rings is 4. The van der Waals surface area contributed by atoms with Crippen LogP contribution in [0.25, 0.3) is 10.9 Å². The van der Waals surface area contributed by atoms with Crippen LogP contribution in [-0.4, -0.2) is 26.9 Å². The minimum atomic E-state index is -1.49. The van der Waals surface area contributed by atoms with E-state index in [1.54, 1.807) is 13.8 Å². The summed E-state index contributed by atoms with van der Waals surface area (Å²) in [5.74, 6) is -1.04. The molecule has 0 amide bonds. The number of carboxylic acid groups (broad SMARTS) is 1. The lowest BCUT2D eigenvalue weighted by Gasteiger charge is -2.44. The Morgan fingerprint density at radius 3 is 1.67 bits per heavy atom. The molecule has 0 bridgehead atoms. The normalized spacial score (nSPS) is 12.9. The molecular formula is C31H28N2O3. The number of nitrogens with one attached hydrogen (secondary N) is 1. The molecule has 0 saturated heterocycles. The molecule has 5 aromatic rings. The second kappa shape index (κ2) is 9.44. The number of carbonyl (C=O) groups is 1. The SMILES string of the molecule is CC(C)(OC(c1[nH]nc2ccccc12)C(c1ccccc1)(c1ccccc1)c1ccccc1)C(=O)O. The molecule has 0 aliphatic carbocycles. The van der Waals surface area contributed by atoms with Crippen LogP contribution in [0.2, 0.25) is 0 Å². The van der Waals surface area contributed by atoms with Gasteiger partial charge in [-0.05, 0) is 36.6 Å². The van der Waals surface area contributed by atoms with Crippen LogP contribution in [-0.2, 0) is 14.9 Å². The summed E-state index contributed by atoms with van der Waals surface area (Å²) in [5, 5.41) is 18.8. The second-order valence-corrected chi connectivity index (χ2v) is 9.37. The molecule has 36 heavy (non-hydrogen) atoms. The number of nitrogens with zero attached hydrogens (tertiary/aromatic N) is 1. The minimum absolute atomic E-state index is 0.719. The molecule has 0 aliphatic rings. The number of hydrogen-bond donors (Lipinski definition) is 2. The highest BCUT2D eigenvalue weighted by molar-refractivity contribution is 5.82. The van der Waals surface area contributed by atoms with Crippen LogP contribution >= 0.6 is 0 Å². The molecule has 1 heterocycles. The van der Waals surface area contributed by atoms with E-state index in [1.807, 2.05) is 78.9 Å². The number of fused-ring (bicyclic) bond motifs is 1. The molecule has 5 heteroatoms. The molecule has 0 aliphatic heterocycles. The van der Waals surface area contributed by atoms with E-state index in [0.717, 1.165) is 33.3 Å². The fourth-order valence-corrected chi connectivity index (χ4v) is 4.95. The smallest absolute Gasteiger partial charge is 0.335 e. The van der Waals surface area contributed by atoms with Crippen LogP contribution in [0.5, 0.6) is 0 Å². The van der Waals surface area contributed by atoms with Crippen molar-refractivity contribution in [1.82, 2.24) is 10.2 Å². The number of H-pyrrole nitrogens is 1. The number of aliphatic carboxylic acids is 1. The minimum Gasteiger partial charge on any atom is -0.479 e. The lowest BCUT2D eigenvalue weighted by molar-refractivity contribution is -0.172. The van der Waals surface area contributed by atoms with Gasteiger partial charge in [-0.2, -0.15) is 5.10 Å². The fraction of sp³-hybridized carbons (Fsp3) is 0.161. The number of carboxylic acids is 1. The van der Waals surface area contributed by atoms with Gasteiger partial charge in [0.15, 0.2) is 5.60 Å². The Morgan fingerprint density at radius 2 is 1.19 bits per heavy atom. The standard InChI is InChI=1S/C31H28N2O3/c1-30(2,29(34)35)36-28(27-25-20-12-13-21-26(25)32-33-27)31(22-14-6-3-7-15-22,23-16-8-4-9-17-23)24-18-10-5-11-19-24/h3-21,28H,1-2H3,(H,32,33)(H,34,35). The third kappa shape index (κ3) is 3.97. The average molecular weight is 477 g/mol. The molecule has 4 aromatic carbocycles. The van der Waals surface area contributed by atoms with Gasteiger partial charge in [-0.3, -0.25) is 5.10 Å². The first-order valence-corrected chi connectivity index (χ1v) is 12.0. The fourth-order valence-electron chi connectivity index (χ4n) is 4.95. The zero-order valence-corrected chi connectivity index (χ0v) is 20.3. The Morgan fingerprint density at radius 1 is 0.750 bits per heavy atom. The van der Waals surface area contributed by atoms with E-state index in [4.69, 9.17) is 4.74 Å². The summed E-state index contributed by atoms with van der Waals surface area (Å²) in [6, 6.07) is 38.2. The van der Waals surface area contributed by atoms with Gasteiger partial charge in [0.05, 0.1) is 16.6 Å². The lowest BCUT2D eigenvalue weighted by Crippen LogP contribution is -2.45.